The normalized spacial score (nSPS) is 18.5. The first-order valence-corrected chi connectivity index (χ1v) is 11.2. The maximum atomic E-state index is 13.0. The van der Waals surface area contributed by atoms with Crippen molar-refractivity contribution in [3.05, 3.63) is 94.5 Å². The van der Waals surface area contributed by atoms with Crippen LogP contribution in [0.25, 0.3) is 0 Å². The predicted molar refractivity (Wildman–Crippen MR) is 129 cm³/mol. The molecule has 0 radical (unpaired) electrons. The van der Waals surface area contributed by atoms with Gasteiger partial charge in [0.05, 0.1) is 11.3 Å². The maximum absolute atomic E-state index is 13.0. The van der Waals surface area contributed by atoms with Crippen LogP contribution in [0.2, 0.25) is 5.02 Å². The average Bonchev–Trinajstić information content (AvgIpc) is 3.15. The summed E-state index contributed by atoms with van der Waals surface area (Å²) in [4.78, 5) is 15.0. The van der Waals surface area contributed by atoms with Gasteiger partial charge in [-0.1, -0.05) is 60.1 Å². The second-order valence-corrected chi connectivity index (χ2v) is 8.70. The molecule has 166 valence electrons. The van der Waals surface area contributed by atoms with E-state index in [0.29, 0.717) is 30.1 Å². The number of benzene rings is 3. The van der Waals surface area contributed by atoms with E-state index in [9.17, 15) is 9.90 Å². The van der Waals surface area contributed by atoms with Crippen LogP contribution in [0.1, 0.15) is 27.9 Å². The minimum Gasteiger partial charge on any atom is -0.378 e. The lowest BCUT2D eigenvalue weighted by molar-refractivity contribution is 0.0328. The van der Waals surface area contributed by atoms with E-state index in [1.807, 2.05) is 67.6 Å². The number of aliphatic hydroxyl groups excluding tert-OH is 1. The summed E-state index contributed by atoms with van der Waals surface area (Å²) in [6.07, 6.45) is 0.159. The Morgan fingerprint density at radius 3 is 2.56 bits per heavy atom. The van der Waals surface area contributed by atoms with E-state index in [1.54, 1.807) is 0 Å². The molecule has 1 amide bonds. The average molecular weight is 450 g/mol. The van der Waals surface area contributed by atoms with Crippen molar-refractivity contribution in [3.8, 4) is 0 Å². The second kappa shape index (κ2) is 10.2. The molecular formula is C26H28ClN3O2. The van der Waals surface area contributed by atoms with Crippen molar-refractivity contribution < 1.29 is 9.90 Å². The van der Waals surface area contributed by atoms with Gasteiger partial charge in [0.25, 0.3) is 5.91 Å². The van der Waals surface area contributed by atoms with E-state index >= 15 is 0 Å². The van der Waals surface area contributed by atoms with Gasteiger partial charge in [0, 0.05) is 30.3 Å². The molecule has 4 rings (SSSR count). The van der Waals surface area contributed by atoms with E-state index in [1.165, 1.54) is 5.56 Å². The first-order chi connectivity index (χ1) is 15.5. The first kappa shape index (κ1) is 22.3. The van der Waals surface area contributed by atoms with E-state index in [4.69, 9.17) is 11.6 Å². The molecule has 2 atom stereocenters. The van der Waals surface area contributed by atoms with E-state index in [0.717, 1.165) is 23.5 Å². The summed E-state index contributed by atoms with van der Waals surface area (Å²) in [5.74, 6) is 0.0664. The molecule has 1 saturated heterocycles. The molecule has 0 spiro atoms. The number of likely N-dealkylation sites (tertiary alicyclic amines) is 1. The number of nitrogens with zero attached hydrogens (tertiary/aromatic N) is 1. The number of aliphatic hydroxyl groups is 1. The summed E-state index contributed by atoms with van der Waals surface area (Å²) in [5, 5.41) is 17.5. The summed E-state index contributed by atoms with van der Waals surface area (Å²) < 4.78 is 0. The molecule has 0 bridgehead atoms. The Hall–Kier alpha value is -2.86. The van der Waals surface area contributed by atoms with E-state index in [-0.39, 0.29) is 11.8 Å². The lowest BCUT2D eigenvalue weighted by Gasteiger charge is -2.20. The van der Waals surface area contributed by atoms with Crippen molar-refractivity contribution in [1.82, 2.24) is 10.2 Å². The molecule has 2 unspecified atom stereocenters. The Kier molecular flexibility index (Phi) is 7.10. The van der Waals surface area contributed by atoms with Gasteiger partial charge in [-0.2, -0.15) is 0 Å². The monoisotopic (exact) mass is 449 g/mol. The van der Waals surface area contributed by atoms with Gasteiger partial charge in [0.15, 0.2) is 0 Å². The molecule has 3 aromatic rings. The van der Waals surface area contributed by atoms with Crippen molar-refractivity contribution in [3.63, 3.8) is 0 Å². The van der Waals surface area contributed by atoms with Crippen molar-refractivity contribution in [2.45, 2.75) is 26.1 Å². The Balaban J connectivity index is 1.37. The predicted octanol–water partition coefficient (Wildman–Crippen LogP) is 4.96. The van der Waals surface area contributed by atoms with Crippen LogP contribution in [0.3, 0.4) is 0 Å². The molecule has 1 heterocycles. The fraction of sp³-hybridized carbons (Fsp3) is 0.269. The van der Waals surface area contributed by atoms with Crippen LogP contribution in [-0.4, -0.2) is 35.2 Å². The Bertz CT molecular complexity index is 1070. The van der Waals surface area contributed by atoms with Gasteiger partial charge in [-0.25, -0.2) is 0 Å². The molecule has 0 aliphatic carbocycles. The van der Waals surface area contributed by atoms with Crippen LogP contribution in [0.4, 0.5) is 11.4 Å². The van der Waals surface area contributed by atoms with Gasteiger partial charge in [0.2, 0.25) is 0 Å². The number of halogens is 1. The Morgan fingerprint density at radius 1 is 1.03 bits per heavy atom. The van der Waals surface area contributed by atoms with Gasteiger partial charge in [-0.3, -0.25) is 9.69 Å². The quantitative estimate of drug-likeness (QED) is 0.477. The Morgan fingerprint density at radius 2 is 1.75 bits per heavy atom. The summed E-state index contributed by atoms with van der Waals surface area (Å²) in [6, 6.07) is 23.2. The molecule has 3 aromatic carbocycles. The number of nitrogens with one attached hydrogen (secondary N) is 2. The first-order valence-electron chi connectivity index (χ1n) is 10.9. The third kappa shape index (κ3) is 5.30. The number of carbonyl (C=O) groups excluding carboxylic acids is 1. The molecule has 0 aromatic heterocycles. The minimum atomic E-state index is -0.489. The summed E-state index contributed by atoms with van der Waals surface area (Å²) >= 11 is 6.24. The Labute approximate surface area is 194 Å². The standard InChI is InChI=1S/C26H28ClN3O2/c1-18-22(27)11-7-13-23(18)29-24-12-6-5-10-21(24)26(32)28-15-20-14-25(31)30(17-20)16-19-8-3-2-4-9-19/h2-13,20,25,29,31H,14-17H2,1H3,(H,28,32). The highest BCUT2D eigenvalue weighted by Crippen LogP contribution is 2.28. The number of para-hydroxylation sites is 1. The lowest BCUT2D eigenvalue weighted by atomic mass is 10.1. The number of amides is 1. The smallest absolute Gasteiger partial charge is 0.253 e. The SMILES string of the molecule is Cc1c(Cl)cccc1Nc1ccccc1C(=O)NCC1CC(O)N(Cc2ccccc2)C1. The van der Waals surface area contributed by atoms with Gasteiger partial charge in [-0.05, 0) is 54.7 Å². The molecule has 5 nitrogen and oxygen atoms in total. The third-order valence-corrected chi connectivity index (χ3v) is 6.36. The number of hydrogen-bond acceptors (Lipinski definition) is 4. The minimum absolute atomic E-state index is 0.135. The third-order valence-electron chi connectivity index (χ3n) is 5.95. The number of carbonyl (C=O) groups is 1. The van der Waals surface area contributed by atoms with Crippen LogP contribution >= 0.6 is 11.6 Å². The van der Waals surface area contributed by atoms with Crippen molar-refractivity contribution >= 4 is 28.9 Å². The van der Waals surface area contributed by atoms with Crippen LogP contribution in [0.5, 0.6) is 0 Å². The van der Waals surface area contributed by atoms with Crippen molar-refractivity contribution in [2.75, 3.05) is 18.4 Å². The van der Waals surface area contributed by atoms with Crippen LogP contribution < -0.4 is 10.6 Å². The second-order valence-electron chi connectivity index (χ2n) is 8.29. The zero-order valence-electron chi connectivity index (χ0n) is 18.1. The van der Waals surface area contributed by atoms with Crippen LogP contribution in [-0.2, 0) is 6.54 Å². The highest BCUT2D eigenvalue weighted by Gasteiger charge is 2.30. The van der Waals surface area contributed by atoms with Gasteiger partial charge in [-0.15, -0.1) is 0 Å². The molecule has 1 fully saturated rings. The molecule has 32 heavy (non-hydrogen) atoms. The summed E-state index contributed by atoms with van der Waals surface area (Å²) in [5.41, 5.74) is 4.28. The summed E-state index contributed by atoms with van der Waals surface area (Å²) in [7, 11) is 0. The number of hydrogen-bond donors (Lipinski definition) is 3. The highest BCUT2D eigenvalue weighted by molar-refractivity contribution is 6.31. The number of anilines is 2. The van der Waals surface area contributed by atoms with Crippen molar-refractivity contribution in [2.24, 2.45) is 5.92 Å². The maximum Gasteiger partial charge on any atom is 0.253 e. The fourth-order valence-corrected chi connectivity index (χ4v) is 4.30. The molecule has 6 heteroatoms. The summed E-state index contributed by atoms with van der Waals surface area (Å²) in [6.45, 7) is 3.92. The molecular weight excluding hydrogens is 422 g/mol. The molecule has 1 aliphatic heterocycles. The highest BCUT2D eigenvalue weighted by atomic mass is 35.5. The molecule has 3 N–H and O–H groups in total. The van der Waals surface area contributed by atoms with Crippen LogP contribution in [0.15, 0.2) is 72.8 Å². The fourth-order valence-electron chi connectivity index (χ4n) is 4.12. The number of rotatable bonds is 7. The molecule has 1 aliphatic rings. The van der Waals surface area contributed by atoms with Crippen LogP contribution in [0, 0.1) is 12.8 Å². The topological polar surface area (TPSA) is 64.6 Å². The van der Waals surface area contributed by atoms with Gasteiger partial charge >= 0.3 is 0 Å². The van der Waals surface area contributed by atoms with Crippen molar-refractivity contribution in [1.29, 1.82) is 0 Å². The largest absolute Gasteiger partial charge is 0.378 e. The zero-order valence-corrected chi connectivity index (χ0v) is 18.8. The van der Waals surface area contributed by atoms with E-state index in [2.05, 4.69) is 27.7 Å². The van der Waals surface area contributed by atoms with Gasteiger partial charge < -0.3 is 15.7 Å². The lowest BCUT2D eigenvalue weighted by Crippen LogP contribution is -2.32. The molecule has 0 saturated carbocycles. The zero-order chi connectivity index (χ0) is 22.5. The van der Waals surface area contributed by atoms with Gasteiger partial charge in [0.1, 0.15) is 6.23 Å². The van der Waals surface area contributed by atoms with E-state index < -0.39 is 6.23 Å².